The van der Waals surface area contributed by atoms with Gasteiger partial charge in [-0.05, 0) is 17.7 Å². The lowest BCUT2D eigenvalue weighted by Crippen LogP contribution is -2.20. The molecular weight excluding hydrogens is 228 g/mol. The Hall–Kier alpha value is -2.29. The molecule has 3 heteroatoms. The fourth-order valence-electron chi connectivity index (χ4n) is 2.37. The third-order valence-corrected chi connectivity index (χ3v) is 3.19. The SMILES string of the molecule is O=C1CC(c2ccccc2)c2c(O)cccc2O1. The van der Waals surface area contributed by atoms with Crippen molar-refractivity contribution in [2.24, 2.45) is 0 Å². The van der Waals surface area contributed by atoms with Crippen molar-refractivity contribution in [1.29, 1.82) is 0 Å². The number of phenols is 1. The van der Waals surface area contributed by atoms with Crippen LogP contribution in [0.1, 0.15) is 23.5 Å². The summed E-state index contributed by atoms with van der Waals surface area (Å²) in [6.45, 7) is 0. The summed E-state index contributed by atoms with van der Waals surface area (Å²) in [6, 6.07) is 14.7. The predicted octanol–water partition coefficient (Wildman–Crippen LogP) is 2.83. The van der Waals surface area contributed by atoms with Gasteiger partial charge < -0.3 is 9.84 Å². The number of ether oxygens (including phenoxy) is 1. The molecule has 1 atom stereocenters. The Kier molecular flexibility index (Phi) is 2.52. The molecule has 0 radical (unpaired) electrons. The second-order valence-electron chi connectivity index (χ2n) is 4.33. The second kappa shape index (κ2) is 4.18. The zero-order valence-electron chi connectivity index (χ0n) is 9.67. The first kappa shape index (κ1) is 10.8. The number of phenolic OH excluding ortho intramolecular Hbond substituents is 1. The van der Waals surface area contributed by atoms with Crippen LogP contribution >= 0.6 is 0 Å². The van der Waals surface area contributed by atoms with Gasteiger partial charge in [0.15, 0.2) is 0 Å². The summed E-state index contributed by atoms with van der Waals surface area (Å²) >= 11 is 0. The average molecular weight is 240 g/mol. The van der Waals surface area contributed by atoms with Crippen LogP contribution < -0.4 is 4.74 Å². The minimum atomic E-state index is -0.262. The first-order chi connectivity index (χ1) is 8.75. The number of benzene rings is 2. The van der Waals surface area contributed by atoms with Crippen LogP contribution in [0.2, 0.25) is 0 Å². The number of carbonyl (C=O) groups excluding carboxylic acids is 1. The van der Waals surface area contributed by atoms with E-state index in [1.54, 1.807) is 18.2 Å². The number of aromatic hydroxyl groups is 1. The molecule has 1 N–H and O–H groups in total. The van der Waals surface area contributed by atoms with Crippen LogP contribution in [0.15, 0.2) is 48.5 Å². The summed E-state index contributed by atoms with van der Waals surface area (Å²) in [6.07, 6.45) is 0.259. The maximum absolute atomic E-state index is 11.6. The summed E-state index contributed by atoms with van der Waals surface area (Å²) in [5.41, 5.74) is 1.71. The highest BCUT2D eigenvalue weighted by molar-refractivity contribution is 5.78. The van der Waals surface area contributed by atoms with Gasteiger partial charge in [-0.2, -0.15) is 0 Å². The first-order valence-corrected chi connectivity index (χ1v) is 5.83. The minimum absolute atomic E-state index is 0.136. The van der Waals surface area contributed by atoms with Gasteiger partial charge in [-0.3, -0.25) is 4.79 Å². The lowest BCUT2D eigenvalue weighted by molar-refractivity contribution is -0.135. The van der Waals surface area contributed by atoms with Crippen LogP contribution in [0, 0.1) is 0 Å². The van der Waals surface area contributed by atoms with Gasteiger partial charge in [-0.1, -0.05) is 36.4 Å². The van der Waals surface area contributed by atoms with E-state index in [1.807, 2.05) is 30.3 Å². The van der Waals surface area contributed by atoms with Gasteiger partial charge in [-0.25, -0.2) is 0 Å². The Labute approximate surface area is 105 Å². The Morgan fingerprint density at radius 2 is 1.83 bits per heavy atom. The van der Waals surface area contributed by atoms with Crippen molar-refractivity contribution >= 4 is 5.97 Å². The van der Waals surface area contributed by atoms with E-state index < -0.39 is 0 Å². The van der Waals surface area contributed by atoms with Crippen molar-refractivity contribution in [2.75, 3.05) is 0 Å². The molecule has 18 heavy (non-hydrogen) atoms. The molecule has 3 nitrogen and oxygen atoms in total. The van der Waals surface area contributed by atoms with E-state index in [9.17, 15) is 9.90 Å². The van der Waals surface area contributed by atoms with E-state index >= 15 is 0 Å². The van der Waals surface area contributed by atoms with Crippen LogP contribution in [-0.2, 0) is 4.79 Å². The Bertz CT molecular complexity index is 590. The maximum Gasteiger partial charge on any atom is 0.312 e. The largest absolute Gasteiger partial charge is 0.508 e. The van der Waals surface area contributed by atoms with E-state index in [2.05, 4.69) is 0 Å². The molecule has 3 rings (SSSR count). The van der Waals surface area contributed by atoms with Gasteiger partial charge >= 0.3 is 5.97 Å². The fraction of sp³-hybridized carbons (Fsp3) is 0.133. The minimum Gasteiger partial charge on any atom is -0.508 e. The summed E-state index contributed by atoms with van der Waals surface area (Å²) < 4.78 is 5.17. The number of esters is 1. The maximum atomic E-state index is 11.6. The Morgan fingerprint density at radius 1 is 1.06 bits per heavy atom. The van der Waals surface area contributed by atoms with Gasteiger partial charge in [-0.15, -0.1) is 0 Å². The molecule has 0 saturated carbocycles. The molecule has 0 bridgehead atoms. The van der Waals surface area contributed by atoms with E-state index in [1.165, 1.54) is 0 Å². The molecule has 90 valence electrons. The Balaban J connectivity index is 2.15. The van der Waals surface area contributed by atoms with E-state index in [4.69, 9.17) is 4.74 Å². The standard InChI is InChI=1S/C15H12O3/c16-12-7-4-8-13-15(12)11(9-14(17)18-13)10-5-2-1-3-6-10/h1-8,11,16H,9H2. The van der Waals surface area contributed by atoms with Gasteiger partial charge in [0, 0.05) is 11.5 Å². The zero-order valence-corrected chi connectivity index (χ0v) is 9.67. The molecule has 0 saturated heterocycles. The molecule has 0 fully saturated rings. The molecule has 0 aromatic heterocycles. The smallest absolute Gasteiger partial charge is 0.312 e. The topological polar surface area (TPSA) is 46.5 Å². The summed E-state index contributed by atoms with van der Waals surface area (Å²) in [7, 11) is 0. The molecule has 0 amide bonds. The second-order valence-corrected chi connectivity index (χ2v) is 4.33. The van der Waals surface area contributed by atoms with Crippen LogP contribution in [0.3, 0.4) is 0 Å². The van der Waals surface area contributed by atoms with Crippen LogP contribution in [-0.4, -0.2) is 11.1 Å². The molecule has 2 aromatic rings. The van der Waals surface area contributed by atoms with Gasteiger partial charge in [0.05, 0.1) is 6.42 Å². The number of fused-ring (bicyclic) bond motifs is 1. The predicted molar refractivity (Wildman–Crippen MR) is 66.6 cm³/mol. The van der Waals surface area contributed by atoms with E-state index in [0.29, 0.717) is 11.3 Å². The first-order valence-electron chi connectivity index (χ1n) is 5.83. The molecule has 0 spiro atoms. The third kappa shape index (κ3) is 1.74. The van der Waals surface area contributed by atoms with E-state index in [-0.39, 0.29) is 24.1 Å². The van der Waals surface area contributed by atoms with Gasteiger partial charge in [0.25, 0.3) is 0 Å². The highest BCUT2D eigenvalue weighted by atomic mass is 16.5. The Morgan fingerprint density at radius 3 is 2.61 bits per heavy atom. The molecule has 1 aliphatic rings. The van der Waals surface area contributed by atoms with Crippen molar-refractivity contribution in [1.82, 2.24) is 0 Å². The normalized spacial score (nSPS) is 18.0. The van der Waals surface area contributed by atoms with Crippen molar-refractivity contribution < 1.29 is 14.6 Å². The molecule has 0 aliphatic carbocycles. The van der Waals surface area contributed by atoms with Gasteiger partial charge in [0.1, 0.15) is 11.5 Å². The quantitative estimate of drug-likeness (QED) is 0.616. The molecule has 2 aromatic carbocycles. The number of hydrogen-bond donors (Lipinski definition) is 1. The number of carbonyl (C=O) groups is 1. The molecule has 1 heterocycles. The molecule has 1 aliphatic heterocycles. The summed E-state index contributed by atoms with van der Waals surface area (Å²) in [5, 5.41) is 9.98. The summed E-state index contributed by atoms with van der Waals surface area (Å²) in [5.74, 6) is 0.236. The molecular formula is C15H12O3. The van der Waals surface area contributed by atoms with Crippen LogP contribution in [0.5, 0.6) is 11.5 Å². The average Bonchev–Trinajstić information content (AvgIpc) is 2.39. The molecule has 1 unspecified atom stereocenters. The number of hydrogen-bond acceptors (Lipinski definition) is 3. The van der Waals surface area contributed by atoms with Crippen LogP contribution in [0.4, 0.5) is 0 Å². The van der Waals surface area contributed by atoms with Crippen molar-refractivity contribution in [3.05, 3.63) is 59.7 Å². The van der Waals surface area contributed by atoms with Gasteiger partial charge in [0.2, 0.25) is 0 Å². The van der Waals surface area contributed by atoms with Crippen LogP contribution in [0.25, 0.3) is 0 Å². The lowest BCUT2D eigenvalue weighted by Gasteiger charge is -2.25. The highest BCUT2D eigenvalue weighted by Gasteiger charge is 2.30. The fourth-order valence-corrected chi connectivity index (χ4v) is 2.37. The van der Waals surface area contributed by atoms with Crippen molar-refractivity contribution in [2.45, 2.75) is 12.3 Å². The monoisotopic (exact) mass is 240 g/mol. The van der Waals surface area contributed by atoms with Crippen molar-refractivity contribution in [3.8, 4) is 11.5 Å². The number of rotatable bonds is 1. The lowest BCUT2D eigenvalue weighted by atomic mass is 9.86. The van der Waals surface area contributed by atoms with E-state index in [0.717, 1.165) is 5.56 Å². The summed E-state index contributed by atoms with van der Waals surface area (Å²) in [4.78, 5) is 11.6. The highest BCUT2D eigenvalue weighted by Crippen LogP contribution is 2.43. The third-order valence-electron chi connectivity index (χ3n) is 3.19. The van der Waals surface area contributed by atoms with Crippen molar-refractivity contribution in [3.63, 3.8) is 0 Å². The zero-order chi connectivity index (χ0) is 12.5.